The van der Waals surface area contributed by atoms with Crippen molar-refractivity contribution in [2.45, 2.75) is 57.1 Å². The Balaban J connectivity index is 1.56. The summed E-state index contributed by atoms with van der Waals surface area (Å²) in [5.41, 5.74) is 2.21. The minimum atomic E-state index is -0.303. The average molecular weight is 355 g/mol. The Labute approximate surface area is 155 Å². The standard InChI is InChI=1S/C21H29N3O2/c1-2-3-14-24-19(21(26-20(24)25)10-12-22-13-11-21)9-8-16-15-23-18-7-5-4-6-17(16)18/h4-7,15,19,22-23H,2-3,8-14H2,1H3. The van der Waals surface area contributed by atoms with Crippen molar-refractivity contribution in [3.8, 4) is 0 Å². The lowest BCUT2D eigenvalue weighted by molar-refractivity contribution is 0.00538. The molecule has 2 fully saturated rings. The number of amides is 1. The van der Waals surface area contributed by atoms with E-state index in [-0.39, 0.29) is 17.7 Å². The van der Waals surface area contributed by atoms with Gasteiger partial charge in [-0.15, -0.1) is 0 Å². The van der Waals surface area contributed by atoms with Crippen LogP contribution in [-0.2, 0) is 11.2 Å². The van der Waals surface area contributed by atoms with Gasteiger partial charge in [-0.25, -0.2) is 4.79 Å². The number of unbranched alkanes of at least 4 members (excludes halogenated alkanes) is 1. The molecule has 26 heavy (non-hydrogen) atoms. The molecular weight excluding hydrogens is 326 g/mol. The van der Waals surface area contributed by atoms with Crippen LogP contribution in [0.3, 0.4) is 0 Å². The third kappa shape index (κ3) is 3.09. The van der Waals surface area contributed by atoms with E-state index in [1.165, 1.54) is 16.5 Å². The molecule has 0 radical (unpaired) electrons. The average Bonchev–Trinajstić information content (AvgIpc) is 3.18. The lowest BCUT2D eigenvalue weighted by atomic mass is 9.82. The molecule has 0 aliphatic carbocycles. The number of piperidine rings is 1. The third-order valence-corrected chi connectivity index (χ3v) is 6.07. The zero-order valence-electron chi connectivity index (χ0n) is 15.6. The lowest BCUT2D eigenvalue weighted by Crippen LogP contribution is -2.51. The maximum absolute atomic E-state index is 12.6. The summed E-state index contributed by atoms with van der Waals surface area (Å²) in [5.74, 6) is 0. The van der Waals surface area contributed by atoms with Gasteiger partial charge >= 0.3 is 6.09 Å². The molecule has 1 unspecified atom stereocenters. The van der Waals surface area contributed by atoms with E-state index < -0.39 is 0 Å². The highest BCUT2D eigenvalue weighted by Crippen LogP contribution is 2.39. The zero-order chi connectivity index (χ0) is 18.0. The Bertz CT molecular complexity index is 763. The normalized spacial score (nSPS) is 22.3. The van der Waals surface area contributed by atoms with E-state index in [1.54, 1.807) is 0 Å². The number of nitrogens with one attached hydrogen (secondary N) is 2. The Morgan fingerprint density at radius 1 is 1.27 bits per heavy atom. The minimum absolute atomic E-state index is 0.107. The van der Waals surface area contributed by atoms with Crippen molar-refractivity contribution in [1.82, 2.24) is 15.2 Å². The van der Waals surface area contributed by atoms with Crippen LogP contribution in [0, 0.1) is 0 Å². The molecule has 1 aromatic heterocycles. The number of nitrogens with zero attached hydrogens (tertiary/aromatic N) is 1. The lowest BCUT2D eigenvalue weighted by Gasteiger charge is -2.38. The molecule has 4 rings (SSSR count). The molecule has 5 heteroatoms. The molecule has 5 nitrogen and oxygen atoms in total. The molecule has 3 heterocycles. The second-order valence-electron chi connectivity index (χ2n) is 7.64. The fourth-order valence-corrected chi connectivity index (χ4v) is 4.62. The summed E-state index contributed by atoms with van der Waals surface area (Å²) in [5, 5.41) is 4.70. The van der Waals surface area contributed by atoms with Crippen LogP contribution in [-0.4, -0.2) is 47.3 Å². The van der Waals surface area contributed by atoms with Gasteiger partial charge < -0.3 is 19.9 Å². The number of rotatable bonds is 6. The zero-order valence-corrected chi connectivity index (χ0v) is 15.6. The third-order valence-electron chi connectivity index (χ3n) is 6.07. The van der Waals surface area contributed by atoms with Gasteiger partial charge in [0.25, 0.3) is 0 Å². The Hall–Kier alpha value is -2.01. The number of ether oxygens (including phenoxy) is 1. The first-order chi connectivity index (χ1) is 12.7. The highest BCUT2D eigenvalue weighted by Gasteiger charge is 2.53. The first-order valence-electron chi connectivity index (χ1n) is 9.99. The number of carbonyl (C=O) groups excluding carboxylic acids is 1. The first kappa shape index (κ1) is 17.4. The molecule has 2 saturated heterocycles. The number of aryl methyl sites for hydroxylation is 1. The molecular formula is C21H29N3O2. The number of benzene rings is 1. The van der Waals surface area contributed by atoms with Crippen LogP contribution in [0.5, 0.6) is 0 Å². The second-order valence-corrected chi connectivity index (χ2v) is 7.64. The summed E-state index contributed by atoms with van der Waals surface area (Å²) in [6.07, 6.45) is 7.89. The molecule has 0 saturated carbocycles. The van der Waals surface area contributed by atoms with Crippen molar-refractivity contribution in [2.24, 2.45) is 0 Å². The fraction of sp³-hybridized carbons (Fsp3) is 0.571. The van der Waals surface area contributed by atoms with Crippen LogP contribution < -0.4 is 5.32 Å². The van der Waals surface area contributed by atoms with Gasteiger partial charge in [-0.05, 0) is 44.0 Å². The Morgan fingerprint density at radius 2 is 2.08 bits per heavy atom. The van der Waals surface area contributed by atoms with E-state index >= 15 is 0 Å². The molecule has 2 aliphatic heterocycles. The van der Waals surface area contributed by atoms with Gasteiger partial charge in [0.15, 0.2) is 0 Å². The van der Waals surface area contributed by atoms with E-state index in [9.17, 15) is 4.79 Å². The molecule has 140 valence electrons. The van der Waals surface area contributed by atoms with Crippen molar-refractivity contribution in [3.05, 3.63) is 36.0 Å². The number of hydrogen-bond donors (Lipinski definition) is 2. The number of para-hydroxylation sites is 1. The van der Waals surface area contributed by atoms with Gasteiger partial charge in [0.05, 0.1) is 6.04 Å². The van der Waals surface area contributed by atoms with Crippen molar-refractivity contribution in [1.29, 1.82) is 0 Å². The summed E-state index contributed by atoms with van der Waals surface area (Å²) in [6, 6.07) is 8.61. The highest BCUT2D eigenvalue weighted by atomic mass is 16.6. The number of carbonyl (C=O) groups is 1. The summed E-state index contributed by atoms with van der Waals surface area (Å²) >= 11 is 0. The molecule has 1 aromatic carbocycles. The molecule has 2 aliphatic rings. The van der Waals surface area contributed by atoms with Crippen LogP contribution in [0.2, 0.25) is 0 Å². The van der Waals surface area contributed by atoms with Crippen LogP contribution in [0.4, 0.5) is 4.79 Å². The van der Waals surface area contributed by atoms with Crippen LogP contribution in [0.1, 0.15) is 44.6 Å². The number of aromatic amines is 1. The quantitative estimate of drug-likeness (QED) is 0.828. The van der Waals surface area contributed by atoms with Crippen molar-refractivity contribution in [2.75, 3.05) is 19.6 Å². The van der Waals surface area contributed by atoms with Gasteiger partial charge in [0.1, 0.15) is 5.60 Å². The van der Waals surface area contributed by atoms with Crippen molar-refractivity contribution in [3.63, 3.8) is 0 Å². The van der Waals surface area contributed by atoms with E-state index in [4.69, 9.17) is 4.74 Å². The number of hydrogen-bond acceptors (Lipinski definition) is 3. The summed E-state index contributed by atoms with van der Waals surface area (Å²) in [4.78, 5) is 18.0. The van der Waals surface area contributed by atoms with E-state index in [0.29, 0.717) is 0 Å². The van der Waals surface area contributed by atoms with Crippen LogP contribution in [0.15, 0.2) is 30.5 Å². The fourth-order valence-electron chi connectivity index (χ4n) is 4.62. The second kappa shape index (κ2) is 7.31. The Morgan fingerprint density at radius 3 is 2.88 bits per heavy atom. The monoisotopic (exact) mass is 355 g/mol. The topological polar surface area (TPSA) is 57.4 Å². The van der Waals surface area contributed by atoms with Crippen LogP contribution in [0.25, 0.3) is 10.9 Å². The van der Waals surface area contributed by atoms with Gasteiger partial charge in [-0.1, -0.05) is 31.5 Å². The van der Waals surface area contributed by atoms with Gasteiger partial charge in [0, 0.05) is 36.5 Å². The summed E-state index contributed by atoms with van der Waals surface area (Å²) in [6.45, 7) is 4.84. The van der Waals surface area contributed by atoms with E-state index in [0.717, 1.165) is 58.2 Å². The SMILES string of the molecule is CCCCN1C(=O)OC2(CCNCC2)C1CCc1c[nH]c2ccccc12. The molecule has 2 aromatic rings. The van der Waals surface area contributed by atoms with Gasteiger partial charge in [-0.3, -0.25) is 0 Å². The van der Waals surface area contributed by atoms with Crippen molar-refractivity contribution >= 4 is 17.0 Å². The van der Waals surface area contributed by atoms with Crippen LogP contribution >= 0.6 is 0 Å². The maximum atomic E-state index is 12.6. The Kier molecular flexibility index (Phi) is 4.90. The summed E-state index contributed by atoms with van der Waals surface area (Å²) in [7, 11) is 0. The molecule has 1 spiro atoms. The van der Waals surface area contributed by atoms with Crippen molar-refractivity contribution < 1.29 is 9.53 Å². The summed E-state index contributed by atoms with van der Waals surface area (Å²) < 4.78 is 6.01. The largest absolute Gasteiger partial charge is 0.440 e. The predicted octanol–water partition coefficient (Wildman–Crippen LogP) is 3.84. The predicted molar refractivity (Wildman–Crippen MR) is 103 cm³/mol. The van der Waals surface area contributed by atoms with E-state index in [1.807, 2.05) is 4.90 Å². The molecule has 0 bridgehead atoms. The molecule has 1 atom stereocenters. The highest BCUT2D eigenvalue weighted by molar-refractivity contribution is 5.83. The van der Waals surface area contributed by atoms with E-state index in [2.05, 4.69) is 47.7 Å². The maximum Gasteiger partial charge on any atom is 0.410 e. The van der Waals surface area contributed by atoms with Gasteiger partial charge in [0.2, 0.25) is 0 Å². The van der Waals surface area contributed by atoms with Gasteiger partial charge in [-0.2, -0.15) is 0 Å². The minimum Gasteiger partial charge on any atom is -0.440 e. The molecule has 1 amide bonds. The number of fused-ring (bicyclic) bond motifs is 1. The first-order valence-corrected chi connectivity index (χ1v) is 9.99. The molecule has 2 N–H and O–H groups in total. The number of H-pyrrole nitrogens is 1. The smallest absolute Gasteiger partial charge is 0.410 e. The number of aromatic nitrogens is 1.